The van der Waals surface area contributed by atoms with Crippen LogP contribution in [0.3, 0.4) is 0 Å². The van der Waals surface area contributed by atoms with Gasteiger partial charge in [0.2, 0.25) is 5.91 Å². The predicted octanol–water partition coefficient (Wildman–Crippen LogP) is 19.7. The van der Waals surface area contributed by atoms with Crippen molar-refractivity contribution < 1.29 is 24.5 Å². The number of aliphatic hydroxyl groups excluding tert-OH is 2. The number of rotatable bonds is 56. The lowest BCUT2D eigenvalue weighted by Crippen LogP contribution is -2.46. The quantitative estimate of drug-likeness (QED) is 0.0320. The highest BCUT2D eigenvalue weighted by Crippen LogP contribution is 2.18. The molecule has 0 heterocycles. The summed E-state index contributed by atoms with van der Waals surface area (Å²) in [5.74, 6) is -0.507. The molecule has 0 aromatic heterocycles. The summed E-state index contributed by atoms with van der Waals surface area (Å²) in [6, 6.07) is -0.714. The van der Waals surface area contributed by atoms with Crippen molar-refractivity contribution in [2.45, 2.75) is 328 Å². The average Bonchev–Trinajstić information content (AvgIpc) is 3.37. The van der Waals surface area contributed by atoms with E-state index < -0.39 is 18.2 Å². The molecule has 72 heavy (non-hydrogen) atoms. The number of aliphatic hydroxyl groups is 2. The van der Waals surface area contributed by atoms with Crippen molar-refractivity contribution >= 4 is 11.9 Å². The molecule has 418 valence electrons. The Hall–Kier alpha value is -2.70. The van der Waals surface area contributed by atoms with Crippen LogP contribution in [0.5, 0.6) is 0 Å². The summed E-state index contributed by atoms with van der Waals surface area (Å²) in [6.45, 7) is 6.40. The molecule has 1 amide bonds. The topological polar surface area (TPSA) is 95.9 Å². The minimum Gasteiger partial charge on any atom is -0.462 e. The summed E-state index contributed by atoms with van der Waals surface area (Å²) >= 11 is 0. The Balaban J connectivity index is 4.61. The van der Waals surface area contributed by atoms with Crippen molar-refractivity contribution in [3.63, 3.8) is 0 Å². The van der Waals surface area contributed by atoms with E-state index in [4.69, 9.17) is 4.74 Å². The maximum absolute atomic E-state index is 13.3. The van der Waals surface area contributed by atoms with E-state index in [0.717, 1.165) is 96.3 Å². The number of amides is 1. The molecular formula is C66H119NO5. The molecular weight excluding hydrogens is 887 g/mol. The van der Waals surface area contributed by atoms with Gasteiger partial charge in [-0.25, -0.2) is 0 Å². The second-order valence-corrected chi connectivity index (χ2v) is 21.1. The maximum Gasteiger partial charge on any atom is 0.306 e. The predicted molar refractivity (Wildman–Crippen MR) is 315 cm³/mol. The third-order valence-corrected chi connectivity index (χ3v) is 14.0. The van der Waals surface area contributed by atoms with Gasteiger partial charge in [0.15, 0.2) is 0 Å². The minimum atomic E-state index is -0.799. The summed E-state index contributed by atoms with van der Waals surface area (Å²) < 4.78 is 5.97. The first-order valence-electron chi connectivity index (χ1n) is 31.2. The molecule has 0 radical (unpaired) electrons. The summed E-state index contributed by atoms with van der Waals surface area (Å²) in [4.78, 5) is 26.4. The van der Waals surface area contributed by atoms with Gasteiger partial charge in [0, 0.05) is 6.42 Å². The summed E-state index contributed by atoms with van der Waals surface area (Å²) in [5.41, 5.74) is 0. The zero-order chi connectivity index (χ0) is 52.3. The standard InChI is InChI=1S/C66H119NO5/c1-4-7-10-13-16-19-22-25-28-31-32-35-38-41-44-47-50-53-56-59-66(71)72-62(57-54-51-48-45-42-39-36-33-29-26-23-20-17-14-11-8-5-2)60-65(70)67-63(61-68)64(69)58-55-52-49-46-43-40-37-34-30-27-24-21-18-15-12-9-6-3/h7,10,16,19,25-26,28-29,32,35,41,44,62-64,68-69H,4-6,8-9,11-15,17-18,20-24,27,30-31,33-34,36-40,42-43,45-61H2,1-3H3,(H,67,70)/b10-7-,19-16-,28-25-,29-26+,35-32-,44-41-. The number of carbonyl (C=O) groups excluding carboxylic acids is 2. The first-order valence-corrected chi connectivity index (χ1v) is 31.2. The Morgan fingerprint density at radius 1 is 0.417 bits per heavy atom. The molecule has 6 heteroatoms. The van der Waals surface area contributed by atoms with Crippen LogP contribution in [0.1, 0.15) is 310 Å². The molecule has 0 aliphatic rings. The van der Waals surface area contributed by atoms with Gasteiger partial charge >= 0.3 is 5.97 Å². The molecule has 0 bridgehead atoms. The lowest BCUT2D eigenvalue weighted by Gasteiger charge is -2.24. The van der Waals surface area contributed by atoms with Gasteiger partial charge < -0.3 is 20.3 Å². The maximum atomic E-state index is 13.3. The number of unbranched alkanes of at least 4 members (excludes halogenated alkanes) is 32. The van der Waals surface area contributed by atoms with Gasteiger partial charge in [-0.05, 0) is 96.3 Å². The number of allylic oxidation sites excluding steroid dienone is 12. The van der Waals surface area contributed by atoms with Crippen LogP contribution in [-0.2, 0) is 14.3 Å². The third kappa shape index (κ3) is 53.6. The van der Waals surface area contributed by atoms with Gasteiger partial charge in [-0.3, -0.25) is 9.59 Å². The van der Waals surface area contributed by atoms with E-state index in [1.165, 1.54) is 167 Å². The van der Waals surface area contributed by atoms with Crippen molar-refractivity contribution in [3.05, 3.63) is 72.9 Å². The van der Waals surface area contributed by atoms with Crippen LogP contribution < -0.4 is 5.32 Å². The lowest BCUT2D eigenvalue weighted by atomic mass is 10.0. The molecule has 0 aliphatic heterocycles. The van der Waals surface area contributed by atoms with Crippen molar-refractivity contribution in [2.75, 3.05) is 6.61 Å². The molecule has 0 aromatic rings. The Kier molecular flexibility index (Phi) is 57.0. The van der Waals surface area contributed by atoms with E-state index in [0.29, 0.717) is 19.3 Å². The van der Waals surface area contributed by atoms with Gasteiger partial charge in [-0.1, -0.05) is 273 Å². The number of hydrogen-bond acceptors (Lipinski definition) is 5. The fourth-order valence-corrected chi connectivity index (χ4v) is 9.34. The molecule has 0 saturated carbocycles. The van der Waals surface area contributed by atoms with Crippen LogP contribution in [0.2, 0.25) is 0 Å². The first-order chi connectivity index (χ1) is 35.5. The molecule has 6 nitrogen and oxygen atoms in total. The zero-order valence-corrected chi connectivity index (χ0v) is 47.8. The number of hydrogen-bond donors (Lipinski definition) is 3. The lowest BCUT2D eigenvalue weighted by molar-refractivity contribution is -0.151. The van der Waals surface area contributed by atoms with E-state index in [9.17, 15) is 19.8 Å². The van der Waals surface area contributed by atoms with Crippen molar-refractivity contribution in [1.29, 1.82) is 0 Å². The highest BCUT2D eigenvalue weighted by molar-refractivity contribution is 5.77. The highest BCUT2D eigenvalue weighted by atomic mass is 16.5. The monoisotopic (exact) mass is 1010 g/mol. The molecule has 3 N–H and O–H groups in total. The van der Waals surface area contributed by atoms with E-state index in [1.807, 2.05) is 0 Å². The van der Waals surface area contributed by atoms with E-state index >= 15 is 0 Å². The molecule has 0 fully saturated rings. The van der Waals surface area contributed by atoms with Crippen LogP contribution in [0, 0.1) is 0 Å². The van der Waals surface area contributed by atoms with Crippen molar-refractivity contribution in [3.8, 4) is 0 Å². The normalized spacial score (nSPS) is 13.6. The Labute approximate surface area is 447 Å². The van der Waals surface area contributed by atoms with Gasteiger partial charge in [-0.2, -0.15) is 0 Å². The Morgan fingerprint density at radius 2 is 0.750 bits per heavy atom. The fourth-order valence-electron chi connectivity index (χ4n) is 9.34. The Morgan fingerprint density at radius 3 is 1.15 bits per heavy atom. The van der Waals surface area contributed by atoms with Crippen molar-refractivity contribution in [2.24, 2.45) is 0 Å². The smallest absolute Gasteiger partial charge is 0.306 e. The molecule has 0 aromatic carbocycles. The van der Waals surface area contributed by atoms with Gasteiger partial charge in [0.1, 0.15) is 6.10 Å². The van der Waals surface area contributed by atoms with E-state index in [-0.39, 0.29) is 24.9 Å². The second-order valence-electron chi connectivity index (χ2n) is 21.1. The number of carbonyl (C=O) groups is 2. The number of nitrogens with one attached hydrogen (secondary N) is 1. The second kappa shape index (κ2) is 59.2. The minimum absolute atomic E-state index is 0.0601. The molecule has 0 saturated heterocycles. The number of ether oxygens (including phenoxy) is 1. The largest absolute Gasteiger partial charge is 0.462 e. The van der Waals surface area contributed by atoms with Crippen LogP contribution >= 0.6 is 0 Å². The number of esters is 1. The van der Waals surface area contributed by atoms with E-state index in [1.54, 1.807) is 0 Å². The van der Waals surface area contributed by atoms with E-state index in [2.05, 4.69) is 99.0 Å². The molecule has 0 rings (SSSR count). The SMILES string of the molecule is CC/C=C\C/C=C\C/C=C\C/C=C\C/C=C\CCCCCC(=O)OC(CCCCCCCCC/C=C/CCCCCCCC)CC(=O)NC(CO)C(O)CCCCCCCCCCCCCCCCCCC. The average molecular weight is 1010 g/mol. The first kappa shape index (κ1) is 69.3. The molecule has 3 atom stereocenters. The van der Waals surface area contributed by atoms with Crippen LogP contribution in [0.15, 0.2) is 72.9 Å². The molecule has 3 unspecified atom stereocenters. The van der Waals surface area contributed by atoms with Crippen LogP contribution in [0.4, 0.5) is 0 Å². The fraction of sp³-hybridized carbons (Fsp3) is 0.788. The van der Waals surface area contributed by atoms with Gasteiger partial charge in [0.05, 0.1) is 25.2 Å². The van der Waals surface area contributed by atoms with Crippen LogP contribution in [-0.4, -0.2) is 46.9 Å². The molecule has 0 aliphatic carbocycles. The van der Waals surface area contributed by atoms with Gasteiger partial charge in [-0.15, -0.1) is 0 Å². The Bertz CT molecular complexity index is 1310. The summed E-state index contributed by atoms with van der Waals surface area (Å²) in [5, 5.41) is 24.0. The molecule has 0 spiro atoms. The van der Waals surface area contributed by atoms with Crippen LogP contribution in [0.25, 0.3) is 0 Å². The summed E-state index contributed by atoms with van der Waals surface area (Å²) in [7, 11) is 0. The van der Waals surface area contributed by atoms with Crippen molar-refractivity contribution in [1.82, 2.24) is 5.32 Å². The third-order valence-electron chi connectivity index (χ3n) is 14.0. The zero-order valence-electron chi connectivity index (χ0n) is 47.8. The summed E-state index contributed by atoms with van der Waals surface area (Å²) in [6.07, 6.45) is 76.9. The van der Waals surface area contributed by atoms with Gasteiger partial charge in [0.25, 0.3) is 0 Å². The highest BCUT2D eigenvalue weighted by Gasteiger charge is 2.24.